The molecule has 4 heteroatoms. The van der Waals surface area contributed by atoms with Crippen molar-refractivity contribution in [3.63, 3.8) is 0 Å². The van der Waals surface area contributed by atoms with Gasteiger partial charge in [-0.1, -0.05) is 6.07 Å². The summed E-state index contributed by atoms with van der Waals surface area (Å²) in [6.45, 7) is 0.496. The van der Waals surface area contributed by atoms with Crippen molar-refractivity contribution in [2.45, 2.75) is 6.54 Å². The molecule has 2 nitrogen and oxygen atoms in total. The lowest BCUT2D eigenvalue weighted by Crippen LogP contribution is -2.06. The first kappa shape index (κ1) is 11.8. The van der Waals surface area contributed by atoms with Crippen molar-refractivity contribution in [2.75, 3.05) is 7.05 Å². The summed E-state index contributed by atoms with van der Waals surface area (Å²) in [6, 6.07) is 10.8. The molecule has 2 rings (SSSR count). The fourth-order valence-electron chi connectivity index (χ4n) is 1.61. The van der Waals surface area contributed by atoms with E-state index in [4.69, 9.17) is 5.26 Å². The third-order valence-corrected chi connectivity index (χ3v) is 3.45. The van der Waals surface area contributed by atoms with Gasteiger partial charge in [-0.2, -0.15) is 5.26 Å². The van der Waals surface area contributed by atoms with Crippen molar-refractivity contribution in [1.29, 1.82) is 5.26 Å². The monoisotopic (exact) mass is 246 g/mol. The van der Waals surface area contributed by atoms with Gasteiger partial charge in [-0.05, 0) is 36.9 Å². The van der Waals surface area contributed by atoms with Crippen LogP contribution in [-0.4, -0.2) is 7.05 Å². The van der Waals surface area contributed by atoms with E-state index in [-0.39, 0.29) is 5.82 Å². The van der Waals surface area contributed by atoms with Gasteiger partial charge in [0, 0.05) is 17.0 Å². The number of rotatable bonds is 3. The highest BCUT2D eigenvalue weighted by Crippen LogP contribution is 2.29. The minimum atomic E-state index is -0.208. The van der Waals surface area contributed by atoms with Crippen molar-refractivity contribution in [3.05, 3.63) is 46.6 Å². The molecule has 0 spiro atoms. The smallest absolute Gasteiger partial charge is 0.127 e. The van der Waals surface area contributed by atoms with Crippen LogP contribution < -0.4 is 5.32 Å². The lowest BCUT2D eigenvalue weighted by atomic mass is 10.1. The van der Waals surface area contributed by atoms with E-state index in [2.05, 4.69) is 11.4 Å². The molecule has 1 heterocycles. The maximum atomic E-state index is 13.5. The van der Waals surface area contributed by atoms with Crippen LogP contribution in [-0.2, 0) is 6.54 Å². The summed E-state index contributed by atoms with van der Waals surface area (Å²) in [5.41, 5.74) is 1.58. The molecule has 0 atom stereocenters. The van der Waals surface area contributed by atoms with Crippen LogP contribution in [0.2, 0.25) is 0 Å². The lowest BCUT2D eigenvalue weighted by molar-refractivity contribution is 0.601. The quantitative estimate of drug-likeness (QED) is 0.903. The lowest BCUT2D eigenvalue weighted by Gasteiger charge is -2.04. The van der Waals surface area contributed by atoms with Gasteiger partial charge in [0.2, 0.25) is 0 Å². The average molecular weight is 246 g/mol. The molecule has 0 radical (unpaired) electrons. The Hall–Kier alpha value is -1.70. The van der Waals surface area contributed by atoms with Gasteiger partial charge < -0.3 is 5.32 Å². The Bertz CT molecular complexity index is 569. The largest absolute Gasteiger partial charge is 0.316 e. The van der Waals surface area contributed by atoms with Crippen LogP contribution in [0.1, 0.15) is 10.4 Å². The van der Waals surface area contributed by atoms with Crippen molar-refractivity contribution < 1.29 is 4.39 Å². The van der Waals surface area contributed by atoms with Gasteiger partial charge in [-0.3, -0.25) is 0 Å². The first-order chi connectivity index (χ1) is 8.24. The molecule has 17 heavy (non-hydrogen) atoms. The van der Waals surface area contributed by atoms with Crippen molar-refractivity contribution >= 4 is 11.3 Å². The molecule has 1 N–H and O–H groups in total. The van der Waals surface area contributed by atoms with Crippen LogP contribution in [0.3, 0.4) is 0 Å². The summed E-state index contributed by atoms with van der Waals surface area (Å²) < 4.78 is 13.5. The second-order valence-electron chi connectivity index (χ2n) is 3.61. The molecule has 0 aliphatic carbocycles. The van der Waals surface area contributed by atoms with Crippen LogP contribution >= 0.6 is 11.3 Å². The van der Waals surface area contributed by atoms with Crippen LogP contribution in [0.5, 0.6) is 0 Å². The Kier molecular flexibility index (Phi) is 3.52. The van der Waals surface area contributed by atoms with Gasteiger partial charge >= 0.3 is 0 Å². The average Bonchev–Trinajstić information content (AvgIpc) is 2.81. The van der Waals surface area contributed by atoms with Crippen LogP contribution in [0.15, 0.2) is 30.3 Å². The zero-order chi connectivity index (χ0) is 12.3. The molecular weight excluding hydrogens is 235 g/mol. The first-order valence-corrected chi connectivity index (χ1v) is 5.99. The molecule has 1 aromatic carbocycles. The van der Waals surface area contributed by atoms with E-state index in [1.807, 2.05) is 12.1 Å². The predicted octanol–water partition coefficient (Wildman–Crippen LogP) is 3.15. The Labute approximate surface area is 103 Å². The third kappa shape index (κ3) is 2.52. The number of nitriles is 1. The van der Waals surface area contributed by atoms with E-state index in [9.17, 15) is 4.39 Å². The number of nitrogens with one attached hydrogen (secondary N) is 1. The summed E-state index contributed by atoms with van der Waals surface area (Å²) in [4.78, 5) is 1.65. The number of halogens is 1. The summed E-state index contributed by atoms with van der Waals surface area (Å²) in [5, 5.41) is 11.7. The Balaban J connectivity index is 2.39. The molecule has 1 aromatic heterocycles. The molecule has 0 unspecified atom stereocenters. The molecule has 0 aliphatic rings. The summed E-state index contributed by atoms with van der Waals surface area (Å²) in [6.07, 6.45) is 0. The first-order valence-electron chi connectivity index (χ1n) is 5.18. The van der Waals surface area contributed by atoms with Gasteiger partial charge in [0.25, 0.3) is 0 Å². The highest BCUT2D eigenvalue weighted by molar-refractivity contribution is 7.16. The maximum absolute atomic E-state index is 13.5. The zero-order valence-electron chi connectivity index (χ0n) is 9.33. The fourth-order valence-corrected chi connectivity index (χ4v) is 2.41. The van der Waals surface area contributed by atoms with Crippen LogP contribution in [0.25, 0.3) is 10.4 Å². The Morgan fingerprint density at radius 3 is 2.82 bits per heavy atom. The molecular formula is C13H11FN2S. The summed E-state index contributed by atoms with van der Waals surface area (Å²) in [7, 11) is 1.78. The van der Waals surface area contributed by atoms with E-state index in [0.717, 1.165) is 10.4 Å². The number of benzene rings is 1. The molecule has 0 bridgehead atoms. The predicted molar refractivity (Wildman–Crippen MR) is 67.2 cm³/mol. The van der Waals surface area contributed by atoms with Gasteiger partial charge in [-0.15, -0.1) is 11.3 Å². The van der Waals surface area contributed by atoms with Gasteiger partial charge in [0.05, 0.1) is 0 Å². The van der Waals surface area contributed by atoms with Gasteiger partial charge in [-0.25, -0.2) is 4.39 Å². The van der Waals surface area contributed by atoms with E-state index >= 15 is 0 Å². The van der Waals surface area contributed by atoms with Crippen LogP contribution in [0.4, 0.5) is 4.39 Å². The molecule has 0 saturated carbocycles. The SMILES string of the molecule is CNCc1cc(-c2ccc(C#N)s2)ccc1F. The van der Waals surface area contributed by atoms with Crippen molar-refractivity contribution in [2.24, 2.45) is 0 Å². The van der Waals surface area contributed by atoms with Gasteiger partial charge in [0.1, 0.15) is 16.8 Å². The maximum Gasteiger partial charge on any atom is 0.127 e. The number of hydrogen-bond acceptors (Lipinski definition) is 3. The molecule has 0 aliphatic heterocycles. The van der Waals surface area contributed by atoms with Crippen molar-refractivity contribution in [3.8, 4) is 16.5 Å². The normalized spacial score (nSPS) is 10.2. The van der Waals surface area contributed by atoms with E-state index in [1.165, 1.54) is 17.4 Å². The Morgan fingerprint density at radius 1 is 1.35 bits per heavy atom. The highest BCUT2D eigenvalue weighted by atomic mass is 32.1. The van der Waals surface area contributed by atoms with Crippen molar-refractivity contribution in [1.82, 2.24) is 5.32 Å². The summed E-state index contributed by atoms with van der Waals surface area (Å²) >= 11 is 1.41. The third-order valence-electron chi connectivity index (χ3n) is 2.41. The van der Waals surface area contributed by atoms with Crippen LogP contribution in [0, 0.1) is 17.1 Å². The molecule has 86 valence electrons. The second kappa shape index (κ2) is 5.09. The number of hydrogen-bond donors (Lipinski definition) is 1. The van der Waals surface area contributed by atoms with E-state index in [1.54, 1.807) is 19.2 Å². The molecule has 0 amide bonds. The minimum Gasteiger partial charge on any atom is -0.316 e. The Morgan fingerprint density at radius 2 is 2.18 bits per heavy atom. The fraction of sp³-hybridized carbons (Fsp3) is 0.154. The number of nitrogens with zero attached hydrogens (tertiary/aromatic N) is 1. The van der Waals surface area contributed by atoms with E-state index < -0.39 is 0 Å². The number of thiophene rings is 1. The topological polar surface area (TPSA) is 35.8 Å². The summed E-state index contributed by atoms with van der Waals surface area (Å²) in [5.74, 6) is -0.208. The highest BCUT2D eigenvalue weighted by Gasteiger charge is 2.06. The molecule has 2 aromatic rings. The standard InChI is InChI=1S/C13H11FN2S/c1-16-8-10-6-9(2-4-12(10)14)13-5-3-11(7-15)17-13/h2-6,16H,8H2,1H3. The minimum absolute atomic E-state index is 0.208. The van der Waals surface area contributed by atoms with E-state index in [0.29, 0.717) is 17.0 Å². The molecule has 0 saturated heterocycles. The molecule has 0 fully saturated rings. The second-order valence-corrected chi connectivity index (χ2v) is 4.70. The van der Waals surface area contributed by atoms with Gasteiger partial charge in [0.15, 0.2) is 0 Å². The zero-order valence-corrected chi connectivity index (χ0v) is 10.1.